The van der Waals surface area contributed by atoms with E-state index in [1.807, 2.05) is 6.92 Å². The maximum Gasteiger partial charge on any atom is 0.155 e. The van der Waals surface area contributed by atoms with Gasteiger partial charge in [0.15, 0.2) is 9.84 Å². The zero-order valence-electron chi connectivity index (χ0n) is 20.6. The van der Waals surface area contributed by atoms with Gasteiger partial charge in [0.2, 0.25) is 0 Å². The van der Waals surface area contributed by atoms with Crippen LogP contribution in [0.2, 0.25) is 0 Å². The van der Waals surface area contributed by atoms with E-state index in [1.54, 1.807) is 0 Å². The Bertz CT molecular complexity index is 537. The molecule has 2 rings (SSSR count). The fraction of sp³-hybridized carbons (Fsp3) is 1.00. The zero-order valence-corrected chi connectivity index (χ0v) is 21.4. The predicted molar refractivity (Wildman–Crippen MR) is 132 cm³/mol. The SMILES string of the molecule is CCCCCCCCC1(S(=O)(=O)CC)CCC(C2CCC(CCCCC)CC2)CC1. The summed E-state index contributed by atoms with van der Waals surface area (Å²) in [6.07, 6.45) is 23.9. The number of hydrogen-bond donors (Lipinski definition) is 0. The number of unbranched alkanes of at least 4 members (excludes halogenated alkanes) is 7. The molecule has 0 atom stereocenters. The van der Waals surface area contributed by atoms with Crippen molar-refractivity contribution >= 4 is 9.84 Å². The van der Waals surface area contributed by atoms with E-state index < -0.39 is 9.84 Å². The van der Waals surface area contributed by atoms with Gasteiger partial charge in [-0.15, -0.1) is 0 Å². The normalized spacial score (nSPS) is 30.4. The van der Waals surface area contributed by atoms with Gasteiger partial charge < -0.3 is 0 Å². The van der Waals surface area contributed by atoms with Crippen LogP contribution in [0.4, 0.5) is 0 Å². The third-order valence-electron chi connectivity index (χ3n) is 8.74. The van der Waals surface area contributed by atoms with Crippen LogP contribution in [0.3, 0.4) is 0 Å². The van der Waals surface area contributed by atoms with E-state index in [4.69, 9.17) is 0 Å². The molecule has 0 aromatic carbocycles. The smallest absolute Gasteiger partial charge is 0.155 e. The molecule has 2 nitrogen and oxygen atoms in total. The monoisotopic (exact) mass is 440 g/mol. The molecule has 0 aromatic rings. The van der Waals surface area contributed by atoms with Gasteiger partial charge >= 0.3 is 0 Å². The molecule has 3 heteroatoms. The minimum atomic E-state index is -2.96. The van der Waals surface area contributed by atoms with E-state index in [9.17, 15) is 8.42 Å². The molecule has 0 heterocycles. The predicted octanol–water partition coefficient (Wildman–Crippen LogP) is 8.49. The van der Waals surface area contributed by atoms with Crippen LogP contribution in [0.15, 0.2) is 0 Å². The van der Waals surface area contributed by atoms with Gasteiger partial charge in [-0.3, -0.25) is 0 Å². The number of hydrogen-bond acceptors (Lipinski definition) is 2. The van der Waals surface area contributed by atoms with Crippen molar-refractivity contribution < 1.29 is 8.42 Å². The first-order valence-electron chi connectivity index (χ1n) is 13.7. The molecule has 0 saturated heterocycles. The molecular formula is C27H52O2S. The second-order valence-corrected chi connectivity index (χ2v) is 13.4. The molecule has 0 N–H and O–H groups in total. The Morgan fingerprint density at radius 2 is 1.20 bits per heavy atom. The standard InChI is InChI=1S/C27H52O2S/c1-4-7-9-10-11-13-21-27(30(28,29)6-3)22-19-26(20-23-27)25-17-15-24(16-18-25)14-12-8-5-2/h24-26H,4-23H2,1-3H3. The van der Waals surface area contributed by atoms with Crippen LogP contribution in [0, 0.1) is 17.8 Å². The summed E-state index contributed by atoms with van der Waals surface area (Å²) in [5, 5.41) is 0. The lowest BCUT2D eigenvalue weighted by molar-refractivity contribution is 0.145. The summed E-state index contributed by atoms with van der Waals surface area (Å²) in [5.41, 5.74) is 0. The molecule has 2 fully saturated rings. The highest BCUT2D eigenvalue weighted by atomic mass is 32.2. The van der Waals surface area contributed by atoms with Crippen LogP contribution < -0.4 is 0 Å². The highest BCUT2D eigenvalue weighted by molar-refractivity contribution is 7.92. The molecule has 178 valence electrons. The van der Waals surface area contributed by atoms with Crippen molar-refractivity contribution in [3.8, 4) is 0 Å². The summed E-state index contributed by atoms with van der Waals surface area (Å²) < 4.78 is 25.8. The summed E-state index contributed by atoms with van der Waals surface area (Å²) in [5.74, 6) is 2.98. The van der Waals surface area contributed by atoms with E-state index in [1.165, 1.54) is 96.3 Å². The van der Waals surface area contributed by atoms with Gasteiger partial charge in [-0.05, 0) is 62.7 Å². The Labute approximate surface area is 189 Å². The maximum atomic E-state index is 13.1. The van der Waals surface area contributed by atoms with Gasteiger partial charge in [-0.1, -0.05) is 97.8 Å². The molecule has 2 saturated carbocycles. The van der Waals surface area contributed by atoms with E-state index in [2.05, 4.69) is 13.8 Å². The molecule has 0 spiro atoms. The fourth-order valence-corrected chi connectivity index (χ4v) is 8.44. The van der Waals surface area contributed by atoms with Gasteiger partial charge in [0, 0.05) is 5.75 Å². The van der Waals surface area contributed by atoms with E-state index in [0.717, 1.165) is 43.4 Å². The van der Waals surface area contributed by atoms with Gasteiger partial charge in [0.25, 0.3) is 0 Å². The quantitative estimate of drug-likeness (QED) is 0.254. The lowest BCUT2D eigenvalue weighted by Crippen LogP contribution is -2.44. The Balaban J connectivity index is 1.81. The highest BCUT2D eigenvalue weighted by Gasteiger charge is 2.45. The average molecular weight is 441 g/mol. The van der Waals surface area contributed by atoms with Crippen molar-refractivity contribution in [2.75, 3.05) is 5.75 Å². The Hall–Kier alpha value is -0.0500. The Morgan fingerprint density at radius 1 is 0.667 bits per heavy atom. The first kappa shape index (κ1) is 26.2. The maximum absolute atomic E-state index is 13.1. The van der Waals surface area contributed by atoms with E-state index in [0.29, 0.717) is 5.75 Å². The van der Waals surface area contributed by atoms with Crippen LogP contribution in [0.1, 0.15) is 143 Å². The van der Waals surface area contributed by atoms with Crippen molar-refractivity contribution in [2.45, 2.75) is 148 Å². The van der Waals surface area contributed by atoms with Gasteiger partial charge in [0.1, 0.15) is 0 Å². The molecule has 30 heavy (non-hydrogen) atoms. The molecule has 0 radical (unpaired) electrons. The molecule has 0 bridgehead atoms. The Kier molecular flexibility index (Phi) is 11.8. The second-order valence-electron chi connectivity index (χ2n) is 10.7. The van der Waals surface area contributed by atoms with Gasteiger partial charge in [-0.25, -0.2) is 8.42 Å². The van der Waals surface area contributed by atoms with Gasteiger partial charge in [0.05, 0.1) is 4.75 Å². The second kappa shape index (κ2) is 13.5. The van der Waals surface area contributed by atoms with Crippen molar-refractivity contribution in [3.63, 3.8) is 0 Å². The van der Waals surface area contributed by atoms with Crippen LogP contribution >= 0.6 is 0 Å². The summed E-state index contributed by atoms with van der Waals surface area (Å²) in [4.78, 5) is 0. The highest BCUT2D eigenvalue weighted by Crippen LogP contribution is 2.47. The van der Waals surface area contributed by atoms with Crippen LogP contribution in [0.25, 0.3) is 0 Å². The van der Waals surface area contributed by atoms with Crippen molar-refractivity contribution in [1.82, 2.24) is 0 Å². The molecule has 0 unspecified atom stereocenters. The lowest BCUT2D eigenvalue weighted by atomic mass is 9.68. The number of sulfone groups is 1. The fourth-order valence-electron chi connectivity index (χ4n) is 6.52. The summed E-state index contributed by atoms with van der Waals surface area (Å²) in [6.45, 7) is 6.41. The van der Waals surface area contributed by atoms with Crippen LogP contribution in [-0.2, 0) is 9.84 Å². The minimum absolute atomic E-state index is 0.330. The Morgan fingerprint density at radius 3 is 1.80 bits per heavy atom. The molecule has 0 aromatic heterocycles. The minimum Gasteiger partial charge on any atom is -0.228 e. The molecule has 0 aliphatic heterocycles. The van der Waals surface area contributed by atoms with E-state index >= 15 is 0 Å². The summed E-state index contributed by atoms with van der Waals surface area (Å²) in [6, 6.07) is 0. The van der Waals surface area contributed by atoms with E-state index in [-0.39, 0.29) is 4.75 Å². The van der Waals surface area contributed by atoms with Crippen molar-refractivity contribution in [2.24, 2.45) is 17.8 Å². The molecule has 0 amide bonds. The largest absolute Gasteiger partial charge is 0.228 e. The van der Waals surface area contributed by atoms with Crippen LogP contribution in [0.5, 0.6) is 0 Å². The first-order valence-corrected chi connectivity index (χ1v) is 15.4. The van der Waals surface area contributed by atoms with Gasteiger partial charge in [-0.2, -0.15) is 0 Å². The topological polar surface area (TPSA) is 34.1 Å². The third-order valence-corrected chi connectivity index (χ3v) is 11.4. The van der Waals surface area contributed by atoms with Crippen molar-refractivity contribution in [3.05, 3.63) is 0 Å². The average Bonchev–Trinajstić information content (AvgIpc) is 2.77. The molecular weight excluding hydrogens is 388 g/mol. The zero-order chi connectivity index (χ0) is 21.9. The number of rotatable bonds is 14. The van der Waals surface area contributed by atoms with Crippen LogP contribution in [-0.4, -0.2) is 18.9 Å². The molecule has 2 aliphatic rings. The summed E-state index contributed by atoms with van der Waals surface area (Å²) >= 11 is 0. The molecule has 2 aliphatic carbocycles. The summed E-state index contributed by atoms with van der Waals surface area (Å²) in [7, 11) is -2.96. The third kappa shape index (κ3) is 7.52. The van der Waals surface area contributed by atoms with Crippen molar-refractivity contribution in [1.29, 1.82) is 0 Å². The lowest BCUT2D eigenvalue weighted by Gasteiger charge is -2.43. The first-order chi connectivity index (χ1) is 14.5.